The number of rotatable bonds is 8. The van der Waals surface area contributed by atoms with Crippen molar-refractivity contribution in [3.8, 4) is 11.5 Å². The second kappa shape index (κ2) is 9.78. The van der Waals surface area contributed by atoms with E-state index in [1.807, 2.05) is 36.4 Å². The minimum atomic E-state index is -0.878. The summed E-state index contributed by atoms with van der Waals surface area (Å²) in [6.07, 6.45) is 2.92. The van der Waals surface area contributed by atoms with E-state index >= 15 is 0 Å². The minimum Gasteiger partial charge on any atom is -0.454 e. The lowest BCUT2D eigenvalue weighted by Crippen LogP contribution is -2.37. The number of fused-ring (bicyclic) bond motifs is 1. The monoisotopic (exact) mass is 395 g/mol. The Morgan fingerprint density at radius 3 is 2.66 bits per heavy atom. The van der Waals surface area contributed by atoms with E-state index in [-0.39, 0.29) is 18.6 Å². The summed E-state index contributed by atoms with van der Waals surface area (Å²) < 4.78 is 15.8. The molecule has 1 N–H and O–H groups in total. The van der Waals surface area contributed by atoms with Crippen LogP contribution in [0.1, 0.15) is 37.3 Å². The molecule has 0 spiro atoms. The van der Waals surface area contributed by atoms with Crippen LogP contribution < -0.4 is 14.8 Å². The molecule has 1 amide bonds. The van der Waals surface area contributed by atoms with Crippen LogP contribution in [0.15, 0.2) is 54.6 Å². The van der Waals surface area contributed by atoms with Crippen molar-refractivity contribution in [2.75, 3.05) is 13.3 Å². The average molecular weight is 395 g/mol. The Labute approximate surface area is 170 Å². The molecule has 0 aromatic heterocycles. The SMILES string of the molecule is CC[C@H](CNC(=O)[C@H](C)OC(=O)/C=C/c1ccc2c(c1)OCO2)c1ccccc1. The van der Waals surface area contributed by atoms with Gasteiger partial charge in [-0.1, -0.05) is 43.3 Å². The number of benzene rings is 2. The molecule has 0 saturated carbocycles. The molecule has 0 fully saturated rings. The predicted molar refractivity (Wildman–Crippen MR) is 110 cm³/mol. The van der Waals surface area contributed by atoms with E-state index in [0.717, 1.165) is 12.0 Å². The number of esters is 1. The van der Waals surface area contributed by atoms with E-state index in [0.29, 0.717) is 18.0 Å². The summed E-state index contributed by atoms with van der Waals surface area (Å²) in [5.41, 5.74) is 1.95. The van der Waals surface area contributed by atoms with Crippen molar-refractivity contribution in [3.05, 3.63) is 65.7 Å². The smallest absolute Gasteiger partial charge is 0.331 e. The zero-order valence-corrected chi connectivity index (χ0v) is 16.6. The summed E-state index contributed by atoms with van der Waals surface area (Å²) in [7, 11) is 0. The third-order valence-electron chi connectivity index (χ3n) is 4.76. The largest absolute Gasteiger partial charge is 0.454 e. The van der Waals surface area contributed by atoms with Crippen molar-refractivity contribution in [2.24, 2.45) is 0 Å². The molecule has 1 aliphatic heterocycles. The van der Waals surface area contributed by atoms with Gasteiger partial charge in [0.1, 0.15) is 0 Å². The minimum absolute atomic E-state index is 0.195. The molecule has 2 aromatic rings. The standard InChI is InChI=1S/C23H25NO5/c1-3-18(19-7-5-4-6-8-19)14-24-23(26)16(2)29-22(25)12-10-17-9-11-20-21(13-17)28-15-27-20/h4-13,16,18H,3,14-15H2,1-2H3,(H,24,26)/b12-10+/t16-,18+/m0/s1. The van der Waals surface area contributed by atoms with E-state index in [4.69, 9.17) is 14.2 Å². The molecule has 0 saturated heterocycles. The molecule has 3 rings (SSSR count). The summed E-state index contributed by atoms with van der Waals surface area (Å²) in [5.74, 6) is 0.631. The first-order valence-electron chi connectivity index (χ1n) is 9.67. The average Bonchev–Trinajstić information content (AvgIpc) is 3.21. The molecule has 1 heterocycles. The highest BCUT2D eigenvalue weighted by Gasteiger charge is 2.18. The van der Waals surface area contributed by atoms with Gasteiger partial charge in [0.2, 0.25) is 6.79 Å². The highest BCUT2D eigenvalue weighted by molar-refractivity contribution is 5.90. The molecule has 0 bridgehead atoms. The van der Waals surface area contributed by atoms with Gasteiger partial charge in [-0.15, -0.1) is 0 Å². The molecule has 0 radical (unpaired) electrons. The molecule has 6 nitrogen and oxygen atoms in total. The van der Waals surface area contributed by atoms with Gasteiger partial charge in [0.05, 0.1) is 0 Å². The molecule has 1 aliphatic rings. The Bertz CT molecular complexity index is 878. The quantitative estimate of drug-likeness (QED) is 0.545. The molecular weight excluding hydrogens is 370 g/mol. The zero-order valence-electron chi connectivity index (χ0n) is 16.6. The van der Waals surface area contributed by atoms with Crippen molar-refractivity contribution in [1.82, 2.24) is 5.32 Å². The maximum atomic E-state index is 12.3. The van der Waals surface area contributed by atoms with E-state index in [1.54, 1.807) is 25.1 Å². The maximum absolute atomic E-state index is 12.3. The predicted octanol–water partition coefficient (Wildman–Crippen LogP) is 3.67. The summed E-state index contributed by atoms with van der Waals surface area (Å²) in [6.45, 7) is 4.33. The number of amides is 1. The van der Waals surface area contributed by atoms with Gasteiger partial charge < -0.3 is 19.5 Å². The van der Waals surface area contributed by atoms with Crippen molar-refractivity contribution in [1.29, 1.82) is 0 Å². The molecule has 2 atom stereocenters. The van der Waals surface area contributed by atoms with Gasteiger partial charge in [-0.05, 0) is 42.7 Å². The molecule has 0 unspecified atom stereocenters. The van der Waals surface area contributed by atoms with Gasteiger partial charge in [0, 0.05) is 18.5 Å². The van der Waals surface area contributed by atoms with E-state index in [1.165, 1.54) is 11.6 Å². The van der Waals surface area contributed by atoms with Crippen LogP contribution in [0.4, 0.5) is 0 Å². The van der Waals surface area contributed by atoms with Crippen molar-refractivity contribution >= 4 is 18.0 Å². The summed E-state index contributed by atoms with van der Waals surface area (Å²) >= 11 is 0. The van der Waals surface area contributed by atoms with Crippen LogP contribution in [-0.2, 0) is 14.3 Å². The number of hydrogen-bond acceptors (Lipinski definition) is 5. The lowest BCUT2D eigenvalue weighted by Gasteiger charge is -2.18. The summed E-state index contributed by atoms with van der Waals surface area (Å²) in [5, 5.41) is 2.87. The highest BCUT2D eigenvalue weighted by atomic mass is 16.7. The fourth-order valence-corrected chi connectivity index (χ4v) is 3.04. The Hall–Kier alpha value is -3.28. The zero-order chi connectivity index (χ0) is 20.6. The van der Waals surface area contributed by atoms with Crippen LogP contribution in [-0.4, -0.2) is 31.3 Å². The summed E-state index contributed by atoms with van der Waals surface area (Å²) in [4.78, 5) is 24.3. The third kappa shape index (κ3) is 5.60. The Morgan fingerprint density at radius 1 is 1.14 bits per heavy atom. The fraction of sp³-hybridized carbons (Fsp3) is 0.304. The fourth-order valence-electron chi connectivity index (χ4n) is 3.04. The molecule has 152 valence electrons. The number of ether oxygens (including phenoxy) is 3. The number of hydrogen-bond donors (Lipinski definition) is 1. The van der Waals surface area contributed by atoms with Crippen LogP contribution in [0.25, 0.3) is 6.08 Å². The van der Waals surface area contributed by atoms with E-state index < -0.39 is 12.1 Å². The number of carbonyl (C=O) groups is 2. The lowest BCUT2D eigenvalue weighted by molar-refractivity contribution is -0.150. The first-order chi connectivity index (χ1) is 14.1. The Kier molecular flexibility index (Phi) is 6.89. The molecule has 6 heteroatoms. The molecule has 29 heavy (non-hydrogen) atoms. The van der Waals surface area contributed by atoms with Crippen LogP contribution in [0.5, 0.6) is 11.5 Å². The second-order valence-corrected chi connectivity index (χ2v) is 6.79. The van der Waals surface area contributed by atoms with Crippen LogP contribution in [0.3, 0.4) is 0 Å². The maximum Gasteiger partial charge on any atom is 0.331 e. The highest BCUT2D eigenvalue weighted by Crippen LogP contribution is 2.32. The van der Waals surface area contributed by atoms with Gasteiger partial charge in [-0.25, -0.2) is 4.79 Å². The molecule has 2 aromatic carbocycles. The van der Waals surface area contributed by atoms with Gasteiger partial charge >= 0.3 is 5.97 Å². The summed E-state index contributed by atoms with van der Waals surface area (Å²) in [6, 6.07) is 15.4. The van der Waals surface area contributed by atoms with E-state index in [2.05, 4.69) is 12.2 Å². The normalized spacial score (nSPS) is 14.4. The number of nitrogens with one attached hydrogen (secondary N) is 1. The van der Waals surface area contributed by atoms with E-state index in [9.17, 15) is 9.59 Å². The third-order valence-corrected chi connectivity index (χ3v) is 4.76. The first-order valence-corrected chi connectivity index (χ1v) is 9.67. The first kappa shape index (κ1) is 20.5. The van der Waals surface area contributed by atoms with Gasteiger partial charge in [-0.3, -0.25) is 4.79 Å². The van der Waals surface area contributed by atoms with Crippen LogP contribution in [0, 0.1) is 0 Å². The second-order valence-electron chi connectivity index (χ2n) is 6.79. The van der Waals surface area contributed by atoms with Crippen molar-refractivity contribution in [2.45, 2.75) is 32.3 Å². The lowest BCUT2D eigenvalue weighted by atomic mass is 9.96. The molecular formula is C23H25NO5. The van der Waals surface area contributed by atoms with Crippen molar-refractivity contribution in [3.63, 3.8) is 0 Å². The van der Waals surface area contributed by atoms with Crippen LogP contribution in [0.2, 0.25) is 0 Å². The molecule has 0 aliphatic carbocycles. The van der Waals surface area contributed by atoms with Gasteiger partial charge in [0.25, 0.3) is 5.91 Å². The topological polar surface area (TPSA) is 73.9 Å². The van der Waals surface area contributed by atoms with Crippen LogP contribution >= 0.6 is 0 Å². The number of carbonyl (C=O) groups excluding carboxylic acids is 2. The van der Waals surface area contributed by atoms with Gasteiger partial charge in [0.15, 0.2) is 17.6 Å². The van der Waals surface area contributed by atoms with Gasteiger partial charge in [-0.2, -0.15) is 0 Å². The van der Waals surface area contributed by atoms with Crippen molar-refractivity contribution < 1.29 is 23.8 Å². The Balaban J connectivity index is 1.48. The Morgan fingerprint density at radius 2 is 1.90 bits per heavy atom.